The molecule has 4 aromatic rings. The molecule has 0 saturated carbocycles. The van der Waals surface area contributed by atoms with Gasteiger partial charge in [-0.25, -0.2) is 22.8 Å². The SMILES string of the molecule is Nc1c2c(-c3cccc(F)c3)nc(N3CCN(CCN4CCOCC4)CC3)nc2nn1-c1cc(F)ccc1F. The van der Waals surface area contributed by atoms with E-state index in [1.54, 1.807) is 12.1 Å². The Labute approximate surface area is 223 Å². The molecule has 2 aromatic carbocycles. The summed E-state index contributed by atoms with van der Waals surface area (Å²) in [6, 6.07) is 9.05. The minimum atomic E-state index is -0.690. The van der Waals surface area contributed by atoms with Gasteiger partial charge in [0.15, 0.2) is 5.65 Å². The van der Waals surface area contributed by atoms with Gasteiger partial charge in [0, 0.05) is 64.0 Å². The van der Waals surface area contributed by atoms with Gasteiger partial charge in [0.1, 0.15) is 29.0 Å². The van der Waals surface area contributed by atoms with Crippen molar-refractivity contribution in [3.8, 4) is 16.9 Å². The number of benzene rings is 2. The van der Waals surface area contributed by atoms with Crippen molar-refractivity contribution in [1.29, 1.82) is 0 Å². The number of ether oxygens (including phenoxy) is 1. The van der Waals surface area contributed by atoms with Crippen molar-refractivity contribution in [3.05, 3.63) is 59.9 Å². The van der Waals surface area contributed by atoms with E-state index in [2.05, 4.69) is 24.8 Å². The Bertz CT molecular complexity index is 1480. The lowest BCUT2D eigenvalue weighted by Gasteiger charge is -2.36. The maximum atomic E-state index is 14.6. The highest BCUT2D eigenvalue weighted by atomic mass is 19.1. The number of rotatable bonds is 6. The number of anilines is 2. The summed E-state index contributed by atoms with van der Waals surface area (Å²) in [6.07, 6.45) is 0. The maximum absolute atomic E-state index is 14.6. The van der Waals surface area contributed by atoms with Crippen LogP contribution in [-0.4, -0.2) is 95.1 Å². The van der Waals surface area contributed by atoms with E-state index in [9.17, 15) is 13.2 Å². The molecule has 4 heterocycles. The third-order valence-electron chi connectivity index (χ3n) is 7.28. The standard InChI is InChI=1S/C27H29F3N8O/c28-19-3-1-2-18(16-19)24-23-25(31)38(22-17-20(29)4-5-21(22)30)34-26(23)33-27(32-24)37-10-8-35(9-11-37)6-7-36-12-14-39-15-13-36/h1-5,16-17H,6-15,31H2. The first kappa shape index (κ1) is 25.5. The molecule has 204 valence electrons. The highest BCUT2D eigenvalue weighted by molar-refractivity contribution is 5.99. The molecule has 0 spiro atoms. The fourth-order valence-electron chi connectivity index (χ4n) is 5.10. The second kappa shape index (κ2) is 10.8. The van der Waals surface area contributed by atoms with Crippen LogP contribution in [0.1, 0.15) is 0 Å². The van der Waals surface area contributed by atoms with Crippen LogP contribution in [0.2, 0.25) is 0 Å². The lowest BCUT2D eigenvalue weighted by molar-refractivity contribution is 0.0331. The Hall–Kier alpha value is -3.74. The number of hydrogen-bond acceptors (Lipinski definition) is 8. The molecule has 2 aromatic heterocycles. The van der Waals surface area contributed by atoms with Crippen LogP contribution in [-0.2, 0) is 4.74 Å². The zero-order valence-corrected chi connectivity index (χ0v) is 21.4. The number of morpholine rings is 1. The monoisotopic (exact) mass is 538 g/mol. The molecule has 0 aliphatic carbocycles. The second-order valence-electron chi connectivity index (χ2n) is 9.76. The van der Waals surface area contributed by atoms with E-state index in [-0.39, 0.29) is 17.2 Å². The lowest BCUT2D eigenvalue weighted by Crippen LogP contribution is -2.49. The first-order valence-electron chi connectivity index (χ1n) is 13.0. The van der Waals surface area contributed by atoms with Crippen LogP contribution >= 0.6 is 0 Å². The molecule has 2 saturated heterocycles. The lowest BCUT2D eigenvalue weighted by atomic mass is 10.1. The minimum absolute atomic E-state index is 0.0354. The molecule has 2 N–H and O–H groups in total. The number of halogens is 3. The summed E-state index contributed by atoms with van der Waals surface area (Å²) in [5.41, 5.74) is 7.35. The normalized spacial score (nSPS) is 17.3. The largest absolute Gasteiger partial charge is 0.383 e. The molecule has 0 amide bonds. The minimum Gasteiger partial charge on any atom is -0.383 e. The third kappa shape index (κ3) is 5.27. The molecular formula is C27H29F3N8O. The number of nitrogens with zero attached hydrogens (tertiary/aromatic N) is 7. The average molecular weight is 539 g/mol. The summed E-state index contributed by atoms with van der Waals surface area (Å²) in [7, 11) is 0. The van der Waals surface area contributed by atoms with Gasteiger partial charge in [0.25, 0.3) is 0 Å². The van der Waals surface area contributed by atoms with Crippen molar-refractivity contribution < 1.29 is 17.9 Å². The molecule has 0 radical (unpaired) electrons. The number of fused-ring (bicyclic) bond motifs is 1. The number of aromatic nitrogens is 4. The number of hydrogen-bond donors (Lipinski definition) is 1. The van der Waals surface area contributed by atoms with Crippen LogP contribution in [0.3, 0.4) is 0 Å². The smallest absolute Gasteiger partial charge is 0.228 e. The van der Waals surface area contributed by atoms with E-state index >= 15 is 0 Å². The molecule has 9 nitrogen and oxygen atoms in total. The molecule has 39 heavy (non-hydrogen) atoms. The van der Waals surface area contributed by atoms with Crippen LogP contribution in [0, 0.1) is 17.5 Å². The summed E-state index contributed by atoms with van der Waals surface area (Å²) in [5.74, 6) is -1.29. The second-order valence-corrected chi connectivity index (χ2v) is 9.76. The molecule has 6 rings (SSSR count). The number of piperazine rings is 1. The van der Waals surface area contributed by atoms with E-state index in [1.165, 1.54) is 12.1 Å². The van der Waals surface area contributed by atoms with Crippen molar-refractivity contribution in [2.75, 3.05) is 76.2 Å². The maximum Gasteiger partial charge on any atom is 0.228 e. The van der Waals surface area contributed by atoms with Gasteiger partial charge in [0.2, 0.25) is 5.95 Å². The molecule has 0 atom stereocenters. The van der Waals surface area contributed by atoms with Gasteiger partial charge in [-0.3, -0.25) is 9.80 Å². The number of nitrogen functional groups attached to an aromatic ring is 1. The zero-order valence-electron chi connectivity index (χ0n) is 21.4. The fraction of sp³-hybridized carbons (Fsp3) is 0.370. The summed E-state index contributed by atoms with van der Waals surface area (Å²) in [4.78, 5) is 16.3. The van der Waals surface area contributed by atoms with Crippen LogP contribution < -0.4 is 10.6 Å². The molecule has 2 aliphatic rings. The Kier molecular flexibility index (Phi) is 7.07. The van der Waals surface area contributed by atoms with Gasteiger partial charge >= 0.3 is 0 Å². The first-order chi connectivity index (χ1) is 19.0. The summed E-state index contributed by atoms with van der Waals surface area (Å²) in [5, 5.41) is 4.78. The van der Waals surface area contributed by atoms with Gasteiger partial charge in [-0.15, -0.1) is 5.10 Å². The van der Waals surface area contributed by atoms with Crippen molar-refractivity contribution in [3.63, 3.8) is 0 Å². The Morgan fingerprint density at radius 2 is 1.54 bits per heavy atom. The number of nitrogens with two attached hydrogens (primary N) is 1. The molecule has 0 bridgehead atoms. The van der Waals surface area contributed by atoms with Gasteiger partial charge in [-0.05, 0) is 24.3 Å². The molecular weight excluding hydrogens is 509 g/mol. The summed E-state index contributed by atoms with van der Waals surface area (Å²) >= 11 is 0. The Morgan fingerprint density at radius 3 is 2.28 bits per heavy atom. The van der Waals surface area contributed by atoms with Gasteiger partial charge in [-0.2, -0.15) is 4.98 Å². The molecule has 12 heteroatoms. The van der Waals surface area contributed by atoms with Gasteiger partial charge < -0.3 is 15.4 Å². The summed E-state index contributed by atoms with van der Waals surface area (Å²) < 4.78 is 49.4. The van der Waals surface area contributed by atoms with Crippen molar-refractivity contribution in [1.82, 2.24) is 29.5 Å². The summed E-state index contributed by atoms with van der Waals surface area (Å²) in [6.45, 7) is 8.56. The highest BCUT2D eigenvalue weighted by Gasteiger charge is 2.25. The van der Waals surface area contributed by atoms with Crippen molar-refractivity contribution in [2.24, 2.45) is 0 Å². The van der Waals surface area contributed by atoms with Gasteiger partial charge in [0.05, 0.1) is 24.3 Å². The van der Waals surface area contributed by atoms with Crippen LogP contribution in [0.4, 0.5) is 24.9 Å². The van der Waals surface area contributed by atoms with E-state index in [0.717, 1.165) is 75.4 Å². The fourth-order valence-corrected chi connectivity index (χ4v) is 5.10. The topological polar surface area (TPSA) is 88.6 Å². The predicted octanol–water partition coefficient (Wildman–Crippen LogP) is 2.94. The Balaban J connectivity index is 1.32. The highest BCUT2D eigenvalue weighted by Crippen LogP contribution is 2.34. The first-order valence-corrected chi connectivity index (χ1v) is 13.0. The zero-order chi connectivity index (χ0) is 26.9. The quantitative estimate of drug-likeness (QED) is 0.401. The van der Waals surface area contributed by atoms with Crippen molar-refractivity contribution >= 4 is 22.8 Å². The Morgan fingerprint density at radius 1 is 0.821 bits per heavy atom. The predicted molar refractivity (Wildman–Crippen MR) is 142 cm³/mol. The van der Waals surface area contributed by atoms with E-state index in [1.807, 2.05) is 0 Å². The van der Waals surface area contributed by atoms with Crippen LogP contribution in [0.15, 0.2) is 42.5 Å². The third-order valence-corrected chi connectivity index (χ3v) is 7.28. The molecule has 2 fully saturated rings. The van der Waals surface area contributed by atoms with Crippen molar-refractivity contribution in [2.45, 2.75) is 0 Å². The van der Waals surface area contributed by atoms with Crippen LogP contribution in [0.5, 0.6) is 0 Å². The van der Waals surface area contributed by atoms with E-state index < -0.39 is 17.5 Å². The van der Waals surface area contributed by atoms with E-state index in [4.69, 9.17) is 15.5 Å². The average Bonchev–Trinajstić information content (AvgIpc) is 3.29. The molecule has 2 aliphatic heterocycles. The van der Waals surface area contributed by atoms with Gasteiger partial charge in [-0.1, -0.05) is 12.1 Å². The van der Waals surface area contributed by atoms with E-state index in [0.29, 0.717) is 35.7 Å². The molecule has 0 unspecified atom stereocenters. The van der Waals surface area contributed by atoms with Crippen LogP contribution in [0.25, 0.3) is 28.0 Å².